The maximum atomic E-state index is 12.8. The third-order valence-electron chi connectivity index (χ3n) is 12.3. The van der Waals surface area contributed by atoms with Crippen molar-refractivity contribution in [1.29, 1.82) is 0 Å². The summed E-state index contributed by atoms with van der Waals surface area (Å²) >= 11 is 0. The van der Waals surface area contributed by atoms with Crippen LogP contribution in [-0.2, 0) is 28.6 Å². The van der Waals surface area contributed by atoms with Gasteiger partial charge in [0.1, 0.15) is 13.2 Å². The topological polar surface area (TPSA) is 78.9 Å². The molecule has 0 aromatic heterocycles. The van der Waals surface area contributed by atoms with E-state index < -0.39 is 6.10 Å². The Labute approximate surface area is 368 Å². The van der Waals surface area contributed by atoms with E-state index >= 15 is 0 Å². The maximum absolute atomic E-state index is 12.8. The van der Waals surface area contributed by atoms with Gasteiger partial charge in [0, 0.05) is 19.3 Å². The van der Waals surface area contributed by atoms with Gasteiger partial charge in [-0.1, -0.05) is 247 Å². The standard InChI is InChI=1S/C53H102O6/c1-7-49(6)41-35-29-23-17-12-10-8-9-11-13-19-25-32-38-44-53(56)59-50(46-58-52(55)43-37-31-26-20-22-28-34-40-48(4)5)45-57-51(54)42-36-30-24-18-15-14-16-21-27-33-39-47(2)3/h47-50H,7-46H2,1-6H3/t49?,50-/m1/s1. The summed E-state index contributed by atoms with van der Waals surface area (Å²) in [6, 6.07) is 0. The predicted molar refractivity (Wildman–Crippen MR) is 252 cm³/mol. The van der Waals surface area contributed by atoms with Gasteiger partial charge in [0.2, 0.25) is 0 Å². The van der Waals surface area contributed by atoms with Crippen molar-refractivity contribution in [3.05, 3.63) is 0 Å². The van der Waals surface area contributed by atoms with Crippen molar-refractivity contribution in [1.82, 2.24) is 0 Å². The molecule has 0 fully saturated rings. The van der Waals surface area contributed by atoms with Gasteiger partial charge in [0.25, 0.3) is 0 Å². The Balaban J connectivity index is 4.29. The minimum absolute atomic E-state index is 0.0653. The lowest BCUT2D eigenvalue weighted by Crippen LogP contribution is -2.30. The van der Waals surface area contributed by atoms with Gasteiger partial charge in [-0.05, 0) is 37.0 Å². The SMILES string of the molecule is CCC(C)CCCCCCCCCCCCCCCCC(=O)O[C@H](COC(=O)CCCCCCCCCCCCC(C)C)COC(=O)CCCCCCCCCC(C)C. The number of carbonyl (C=O) groups is 3. The van der Waals surface area contributed by atoms with Crippen LogP contribution in [0.4, 0.5) is 0 Å². The molecular formula is C53H102O6. The van der Waals surface area contributed by atoms with Crippen LogP contribution >= 0.6 is 0 Å². The number of rotatable bonds is 46. The van der Waals surface area contributed by atoms with Crippen LogP contribution in [0.15, 0.2) is 0 Å². The second-order valence-electron chi connectivity index (χ2n) is 19.4. The Bertz CT molecular complexity index is 916. The summed E-state index contributed by atoms with van der Waals surface area (Å²) in [7, 11) is 0. The first kappa shape index (κ1) is 57.4. The highest BCUT2D eigenvalue weighted by atomic mass is 16.6. The molecule has 0 bridgehead atoms. The summed E-state index contributed by atoms with van der Waals surface area (Å²) in [5.74, 6) is 1.64. The maximum Gasteiger partial charge on any atom is 0.306 e. The summed E-state index contributed by atoms with van der Waals surface area (Å²) in [5, 5.41) is 0. The fraction of sp³-hybridized carbons (Fsp3) is 0.943. The van der Waals surface area contributed by atoms with E-state index in [9.17, 15) is 14.4 Å². The van der Waals surface area contributed by atoms with Crippen LogP contribution in [0.1, 0.15) is 286 Å². The molecule has 0 N–H and O–H groups in total. The Hall–Kier alpha value is -1.59. The van der Waals surface area contributed by atoms with E-state index in [0.29, 0.717) is 19.3 Å². The summed E-state index contributed by atoms with van der Waals surface area (Å²) in [6.07, 6.45) is 43.8. The lowest BCUT2D eigenvalue weighted by molar-refractivity contribution is -0.167. The molecule has 0 rings (SSSR count). The molecule has 0 spiro atoms. The Morgan fingerprint density at radius 1 is 0.339 bits per heavy atom. The molecule has 6 nitrogen and oxygen atoms in total. The van der Waals surface area contributed by atoms with Crippen LogP contribution in [0, 0.1) is 17.8 Å². The zero-order valence-corrected chi connectivity index (χ0v) is 40.5. The second kappa shape index (κ2) is 44.5. The van der Waals surface area contributed by atoms with Crippen LogP contribution in [0.2, 0.25) is 0 Å². The average Bonchev–Trinajstić information content (AvgIpc) is 3.20. The van der Waals surface area contributed by atoms with Gasteiger partial charge in [-0.2, -0.15) is 0 Å². The summed E-state index contributed by atoms with van der Waals surface area (Å²) in [4.78, 5) is 37.9. The van der Waals surface area contributed by atoms with Crippen molar-refractivity contribution in [3.63, 3.8) is 0 Å². The molecular weight excluding hydrogens is 733 g/mol. The van der Waals surface area contributed by atoms with Crippen molar-refractivity contribution >= 4 is 17.9 Å². The Morgan fingerprint density at radius 3 is 0.881 bits per heavy atom. The van der Waals surface area contributed by atoms with Crippen LogP contribution in [0.5, 0.6) is 0 Å². The quantitative estimate of drug-likeness (QED) is 0.0345. The van der Waals surface area contributed by atoms with Crippen LogP contribution in [0.3, 0.4) is 0 Å². The highest BCUT2D eigenvalue weighted by molar-refractivity contribution is 5.71. The van der Waals surface area contributed by atoms with Crippen molar-refractivity contribution in [2.24, 2.45) is 17.8 Å². The van der Waals surface area contributed by atoms with Gasteiger partial charge in [-0.3, -0.25) is 14.4 Å². The molecule has 0 aliphatic rings. The molecule has 350 valence electrons. The predicted octanol–water partition coefficient (Wildman–Crippen LogP) is 16.8. The van der Waals surface area contributed by atoms with E-state index in [1.165, 1.54) is 167 Å². The third-order valence-corrected chi connectivity index (χ3v) is 12.3. The molecule has 0 aromatic carbocycles. The van der Waals surface area contributed by atoms with Gasteiger partial charge in [0.15, 0.2) is 6.10 Å². The smallest absolute Gasteiger partial charge is 0.306 e. The molecule has 0 saturated heterocycles. The number of carbonyl (C=O) groups excluding carboxylic acids is 3. The van der Waals surface area contributed by atoms with Crippen LogP contribution < -0.4 is 0 Å². The van der Waals surface area contributed by atoms with Crippen molar-refractivity contribution in [3.8, 4) is 0 Å². The van der Waals surface area contributed by atoms with Crippen molar-refractivity contribution in [2.75, 3.05) is 13.2 Å². The van der Waals surface area contributed by atoms with E-state index in [1.807, 2.05) is 0 Å². The molecule has 6 heteroatoms. The van der Waals surface area contributed by atoms with Crippen LogP contribution in [-0.4, -0.2) is 37.2 Å². The molecule has 0 aromatic rings. The van der Waals surface area contributed by atoms with Gasteiger partial charge in [-0.25, -0.2) is 0 Å². The minimum atomic E-state index is -0.763. The fourth-order valence-corrected chi connectivity index (χ4v) is 7.91. The molecule has 0 aliphatic carbocycles. The molecule has 2 atom stereocenters. The average molecular weight is 835 g/mol. The molecule has 0 amide bonds. The zero-order chi connectivity index (χ0) is 43.4. The number of hydrogen-bond acceptors (Lipinski definition) is 6. The van der Waals surface area contributed by atoms with E-state index in [2.05, 4.69) is 41.5 Å². The molecule has 59 heavy (non-hydrogen) atoms. The van der Waals surface area contributed by atoms with Crippen molar-refractivity contribution in [2.45, 2.75) is 292 Å². The normalized spacial score (nSPS) is 12.6. The largest absolute Gasteiger partial charge is 0.462 e. The van der Waals surface area contributed by atoms with Gasteiger partial charge >= 0.3 is 17.9 Å². The summed E-state index contributed by atoms with van der Waals surface area (Å²) < 4.78 is 16.8. The molecule has 0 radical (unpaired) electrons. The van der Waals surface area contributed by atoms with E-state index in [0.717, 1.165) is 75.5 Å². The minimum Gasteiger partial charge on any atom is -0.462 e. The van der Waals surface area contributed by atoms with Gasteiger partial charge in [-0.15, -0.1) is 0 Å². The molecule has 0 aliphatic heterocycles. The lowest BCUT2D eigenvalue weighted by atomic mass is 9.99. The number of hydrogen-bond donors (Lipinski definition) is 0. The third kappa shape index (κ3) is 45.8. The first-order valence-corrected chi connectivity index (χ1v) is 26.1. The number of unbranched alkanes of at least 4 members (excludes halogenated alkanes) is 28. The lowest BCUT2D eigenvalue weighted by Gasteiger charge is -2.18. The Morgan fingerprint density at radius 2 is 0.593 bits per heavy atom. The molecule has 0 heterocycles. The first-order valence-electron chi connectivity index (χ1n) is 26.1. The number of esters is 3. The zero-order valence-electron chi connectivity index (χ0n) is 40.5. The molecule has 0 saturated carbocycles. The monoisotopic (exact) mass is 835 g/mol. The van der Waals surface area contributed by atoms with Gasteiger partial charge < -0.3 is 14.2 Å². The van der Waals surface area contributed by atoms with Crippen molar-refractivity contribution < 1.29 is 28.6 Å². The molecule has 1 unspecified atom stereocenters. The second-order valence-corrected chi connectivity index (χ2v) is 19.4. The van der Waals surface area contributed by atoms with E-state index in [-0.39, 0.29) is 31.1 Å². The summed E-state index contributed by atoms with van der Waals surface area (Å²) in [6.45, 7) is 13.7. The van der Waals surface area contributed by atoms with E-state index in [4.69, 9.17) is 14.2 Å². The van der Waals surface area contributed by atoms with Crippen LogP contribution in [0.25, 0.3) is 0 Å². The van der Waals surface area contributed by atoms with E-state index in [1.54, 1.807) is 0 Å². The number of ether oxygens (including phenoxy) is 3. The fourth-order valence-electron chi connectivity index (χ4n) is 7.91. The first-order chi connectivity index (χ1) is 28.6. The highest BCUT2D eigenvalue weighted by Gasteiger charge is 2.19. The van der Waals surface area contributed by atoms with Gasteiger partial charge in [0.05, 0.1) is 0 Å². The Kier molecular flexibility index (Phi) is 43.3. The summed E-state index contributed by atoms with van der Waals surface area (Å²) in [5.41, 5.74) is 0. The highest BCUT2D eigenvalue weighted by Crippen LogP contribution is 2.18.